The Bertz CT molecular complexity index is 313. The topological polar surface area (TPSA) is 17.1 Å². The van der Waals surface area contributed by atoms with Gasteiger partial charge in [-0.2, -0.15) is 0 Å². The molecule has 0 saturated heterocycles. The highest BCUT2D eigenvalue weighted by Gasteiger charge is 2.23. The van der Waals surface area contributed by atoms with E-state index in [1.165, 1.54) is 24.3 Å². The zero-order valence-corrected chi connectivity index (χ0v) is 7.61. The van der Waals surface area contributed by atoms with E-state index in [2.05, 4.69) is 0 Å². The number of carbonyl (C=O) groups is 1. The Morgan fingerprint density at radius 3 is 2.08 bits per heavy atom. The number of halogens is 3. The van der Waals surface area contributed by atoms with Crippen molar-refractivity contribution in [2.24, 2.45) is 0 Å². The molecule has 1 aromatic carbocycles. The van der Waals surface area contributed by atoms with Crippen LogP contribution in [-0.2, 0) is 5.92 Å². The summed E-state index contributed by atoms with van der Waals surface area (Å²) in [6.07, 6.45) is 0. The smallest absolute Gasteiger partial charge is 0.270 e. The van der Waals surface area contributed by atoms with E-state index in [0.717, 1.165) is 6.92 Å². The molecule has 0 heterocycles. The molecule has 0 aliphatic rings. The minimum Gasteiger partial charge on any atom is -0.276 e. The van der Waals surface area contributed by atoms with Gasteiger partial charge in [0.05, 0.1) is 0 Å². The second-order valence-electron chi connectivity index (χ2n) is 2.74. The van der Waals surface area contributed by atoms with Gasteiger partial charge in [0.15, 0.2) is 0 Å². The Labute approximate surface area is 79.3 Å². The van der Waals surface area contributed by atoms with Crippen LogP contribution in [0.15, 0.2) is 24.3 Å². The van der Waals surface area contributed by atoms with Crippen molar-refractivity contribution >= 4 is 16.8 Å². The Hall–Kier alpha value is -0.960. The summed E-state index contributed by atoms with van der Waals surface area (Å²) >= 11 is 5.14. The fraction of sp³-hybridized carbons (Fsp3) is 0.222. The summed E-state index contributed by atoms with van der Waals surface area (Å²) in [5, 5.41) is -0.647. The van der Waals surface area contributed by atoms with Gasteiger partial charge in [0.25, 0.3) is 11.2 Å². The normalized spacial score (nSPS) is 11.4. The first-order chi connectivity index (χ1) is 5.91. The van der Waals surface area contributed by atoms with Crippen LogP contribution >= 0.6 is 11.6 Å². The van der Waals surface area contributed by atoms with Crippen LogP contribution in [0, 0.1) is 0 Å². The molecule has 70 valence electrons. The van der Waals surface area contributed by atoms with Gasteiger partial charge in [0, 0.05) is 18.1 Å². The molecule has 0 radical (unpaired) electrons. The van der Waals surface area contributed by atoms with Gasteiger partial charge in [-0.15, -0.1) is 0 Å². The Morgan fingerprint density at radius 2 is 1.77 bits per heavy atom. The molecule has 0 atom stereocenters. The lowest BCUT2D eigenvalue weighted by molar-refractivity contribution is 0.0174. The number of carbonyl (C=O) groups excluding carboxylic acids is 1. The maximum atomic E-state index is 12.7. The number of hydrogen-bond acceptors (Lipinski definition) is 1. The molecule has 0 unspecified atom stereocenters. The monoisotopic (exact) mass is 204 g/mol. The van der Waals surface area contributed by atoms with E-state index < -0.39 is 11.2 Å². The molecule has 0 amide bonds. The molecular weight excluding hydrogens is 198 g/mol. The predicted octanol–water partition coefficient (Wildman–Crippen LogP) is 3.18. The van der Waals surface area contributed by atoms with Crippen molar-refractivity contribution in [3.63, 3.8) is 0 Å². The van der Waals surface area contributed by atoms with E-state index in [1.54, 1.807) is 0 Å². The molecule has 0 aromatic heterocycles. The van der Waals surface area contributed by atoms with Gasteiger partial charge in [0.1, 0.15) is 0 Å². The molecule has 0 aliphatic heterocycles. The highest BCUT2D eigenvalue weighted by atomic mass is 35.5. The largest absolute Gasteiger partial charge is 0.276 e. The summed E-state index contributed by atoms with van der Waals surface area (Å²) in [6, 6.07) is 4.94. The van der Waals surface area contributed by atoms with Gasteiger partial charge in [-0.25, -0.2) is 8.78 Å². The molecule has 0 N–H and O–H groups in total. The van der Waals surface area contributed by atoms with Gasteiger partial charge in [-0.3, -0.25) is 4.79 Å². The van der Waals surface area contributed by atoms with Crippen molar-refractivity contribution in [2.45, 2.75) is 12.8 Å². The number of benzene rings is 1. The zero-order chi connectivity index (χ0) is 10.1. The fourth-order valence-electron chi connectivity index (χ4n) is 0.894. The lowest BCUT2D eigenvalue weighted by atomic mass is 10.1. The van der Waals surface area contributed by atoms with Gasteiger partial charge in [0.2, 0.25) is 0 Å². The predicted molar refractivity (Wildman–Crippen MR) is 46.2 cm³/mol. The summed E-state index contributed by atoms with van der Waals surface area (Å²) in [5.41, 5.74) is 0.0869. The van der Waals surface area contributed by atoms with Crippen molar-refractivity contribution in [2.75, 3.05) is 0 Å². The van der Waals surface area contributed by atoms with E-state index in [4.69, 9.17) is 11.6 Å². The second-order valence-corrected chi connectivity index (χ2v) is 3.08. The second kappa shape index (κ2) is 3.42. The average Bonchev–Trinajstić information content (AvgIpc) is 2.03. The first-order valence-corrected chi connectivity index (χ1v) is 3.97. The van der Waals surface area contributed by atoms with E-state index in [9.17, 15) is 13.6 Å². The molecule has 0 bridgehead atoms. The molecule has 13 heavy (non-hydrogen) atoms. The van der Waals surface area contributed by atoms with E-state index in [1.807, 2.05) is 0 Å². The summed E-state index contributed by atoms with van der Waals surface area (Å²) < 4.78 is 25.3. The van der Waals surface area contributed by atoms with Crippen LogP contribution in [0.25, 0.3) is 0 Å². The standard InChI is InChI=1S/C9H7ClF2O/c1-9(11,12)7-4-2-6(3-5-7)8(10)13/h2-5H,1H3. The number of hydrogen-bond donors (Lipinski definition) is 0. The minimum absolute atomic E-state index is 0.130. The van der Waals surface area contributed by atoms with E-state index >= 15 is 0 Å². The maximum absolute atomic E-state index is 12.7. The third kappa shape index (κ3) is 2.49. The van der Waals surface area contributed by atoms with Crippen molar-refractivity contribution in [3.8, 4) is 0 Å². The summed E-state index contributed by atoms with van der Waals surface area (Å²) in [5.74, 6) is -2.88. The van der Waals surface area contributed by atoms with Gasteiger partial charge in [-0.1, -0.05) is 12.1 Å². The molecular formula is C9H7ClF2O. The zero-order valence-electron chi connectivity index (χ0n) is 6.85. The van der Waals surface area contributed by atoms with Crippen LogP contribution in [0.2, 0.25) is 0 Å². The highest BCUT2D eigenvalue weighted by molar-refractivity contribution is 6.67. The van der Waals surface area contributed by atoms with Crippen LogP contribution in [0.5, 0.6) is 0 Å². The van der Waals surface area contributed by atoms with Crippen LogP contribution in [0.1, 0.15) is 22.8 Å². The van der Waals surface area contributed by atoms with E-state index in [0.29, 0.717) is 0 Å². The molecule has 0 aliphatic carbocycles. The lowest BCUT2D eigenvalue weighted by Crippen LogP contribution is -2.06. The maximum Gasteiger partial charge on any atom is 0.270 e. The van der Waals surface area contributed by atoms with Crippen molar-refractivity contribution < 1.29 is 13.6 Å². The van der Waals surface area contributed by atoms with Crippen molar-refractivity contribution in [1.29, 1.82) is 0 Å². The Kier molecular flexibility index (Phi) is 2.66. The fourth-order valence-corrected chi connectivity index (χ4v) is 1.02. The highest BCUT2D eigenvalue weighted by Crippen LogP contribution is 2.26. The quantitative estimate of drug-likeness (QED) is 0.677. The van der Waals surface area contributed by atoms with Gasteiger partial charge < -0.3 is 0 Å². The minimum atomic E-state index is -2.88. The van der Waals surface area contributed by atoms with Crippen molar-refractivity contribution in [1.82, 2.24) is 0 Å². The van der Waals surface area contributed by atoms with Crippen LogP contribution < -0.4 is 0 Å². The van der Waals surface area contributed by atoms with E-state index in [-0.39, 0.29) is 11.1 Å². The Morgan fingerprint density at radius 1 is 1.31 bits per heavy atom. The molecule has 4 heteroatoms. The first kappa shape index (κ1) is 10.1. The summed E-state index contributed by atoms with van der Waals surface area (Å²) in [6.45, 7) is 0.796. The van der Waals surface area contributed by atoms with Gasteiger partial charge in [-0.05, 0) is 23.7 Å². The third-order valence-corrected chi connectivity index (χ3v) is 1.84. The van der Waals surface area contributed by atoms with Crippen LogP contribution in [0.4, 0.5) is 8.78 Å². The third-order valence-electron chi connectivity index (χ3n) is 1.62. The average molecular weight is 205 g/mol. The summed E-state index contributed by atoms with van der Waals surface area (Å²) in [7, 11) is 0. The molecule has 1 rings (SSSR count). The molecule has 0 saturated carbocycles. The van der Waals surface area contributed by atoms with Crippen LogP contribution in [-0.4, -0.2) is 5.24 Å². The Balaban J connectivity index is 3.01. The SMILES string of the molecule is CC(F)(F)c1ccc(C(=O)Cl)cc1. The van der Waals surface area contributed by atoms with Crippen LogP contribution in [0.3, 0.4) is 0 Å². The van der Waals surface area contributed by atoms with Crippen molar-refractivity contribution in [3.05, 3.63) is 35.4 Å². The number of alkyl halides is 2. The summed E-state index contributed by atoms with van der Waals surface area (Å²) in [4.78, 5) is 10.6. The molecule has 1 nitrogen and oxygen atoms in total. The number of rotatable bonds is 2. The lowest BCUT2D eigenvalue weighted by Gasteiger charge is -2.09. The molecule has 0 spiro atoms. The molecule has 0 fully saturated rings. The van der Waals surface area contributed by atoms with Gasteiger partial charge >= 0.3 is 0 Å². The molecule has 1 aromatic rings. The first-order valence-electron chi connectivity index (χ1n) is 3.59.